The zero-order valence-corrected chi connectivity index (χ0v) is 15.5. The molecular weight excluding hydrogens is 326 g/mol. The third kappa shape index (κ3) is 5.02. The van der Waals surface area contributed by atoms with Gasteiger partial charge in [-0.25, -0.2) is 0 Å². The van der Waals surface area contributed by atoms with Crippen LogP contribution >= 0.6 is 0 Å². The Morgan fingerprint density at radius 1 is 0.815 bits per heavy atom. The van der Waals surface area contributed by atoms with Crippen molar-refractivity contribution < 1.29 is 0 Å². The first-order chi connectivity index (χ1) is 13.3. The molecule has 0 N–H and O–H groups in total. The molecule has 0 heterocycles. The van der Waals surface area contributed by atoms with Crippen LogP contribution in [0.4, 0.5) is 0 Å². The Bertz CT molecular complexity index is 1050. The van der Waals surface area contributed by atoms with Gasteiger partial charge in [0.05, 0.1) is 5.70 Å². The Morgan fingerprint density at radius 2 is 1.59 bits per heavy atom. The van der Waals surface area contributed by atoms with Crippen molar-refractivity contribution in [2.45, 2.75) is 6.92 Å². The molecule has 3 aromatic rings. The lowest BCUT2D eigenvalue weighted by molar-refractivity contribution is 1.51. The SMILES string of the molecule is C=C(N=C/C=C\C=C/C)c1ccccc1/C=C\c1ccc2ccccc2c1. The average Bonchev–Trinajstić information content (AvgIpc) is 2.72. The maximum absolute atomic E-state index is 4.45. The molecule has 0 atom stereocenters. The van der Waals surface area contributed by atoms with Gasteiger partial charge in [0.25, 0.3) is 0 Å². The molecule has 0 saturated heterocycles. The van der Waals surface area contributed by atoms with E-state index in [1.165, 1.54) is 16.3 Å². The monoisotopic (exact) mass is 349 g/mol. The Kier molecular flexibility index (Phi) is 6.32. The number of nitrogens with zero attached hydrogens (tertiary/aromatic N) is 1. The normalized spacial score (nSPS) is 12.2. The molecular formula is C26H23N. The summed E-state index contributed by atoms with van der Waals surface area (Å²) in [5, 5.41) is 2.50. The standard InChI is InChI=1S/C26H23N/c1-3-4-5-10-19-27-21(2)26-14-9-8-12-24(26)18-16-22-15-17-23-11-6-7-13-25(23)20-22/h3-20H,2H2,1H3/b4-3-,10-5-,18-16-,27-19?. The molecule has 0 bridgehead atoms. The molecule has 1 nitrogen and oxygen atoms in total. The number of hydrogen-bond donors (Lipinski definition) is 0. The van der Waals surface area contributed by atoms with Crippen molar-refractivity contribution in [2.24, 2.45) is 4.99 Å². The van der Waals surface area contributed by atoms with Crippen molar-refractivity contribution in [2.75, 3.05) is 0 Å². The minimum atomic E-state index is 0.749. The number of aliphatic imine (C=N–C) groups is 1. The summed E-state index contributed by atoms with van der Waals surface area (Å²) in [6.07, 6.45) is 13.8. The fourth-order valence-corrected chi connectivity index (χ4v) is 2.83. The van der Waals surface area contributed by atoms with Gasteiger partial charge in [0.2, 0.25) is 0 Å². The van der Waals surface area contributed by atoms with Gasteiger partial charge in [-0.2, -0.15) is 0 Å². The predicted octanol–water partition coefficient (Wildman–Crippen LogP) is 7.18. The summed E-state index contributed by atoms with van der Waals surface area (Å²) in [6, 6.07) is 23.1. The molecule has 0 spiro atoms. The fourth-order valence-electron chi connectivity index (χ4n) is 2.83. The summed E-state index contributed by atoms with van der Waals surface area (Å²) in [7, 11) is 0. The highest BCUT2D eigenvalue weighted by molar-refractivity contribution is 5.87. The Balaban J connectivity index is 1.82. The van der Waals surface area contributed by atoms with Crippen LogP contribution in [0.1, 0.15) is 23.6 Å². The fraction of sp³-hybridized carbons (Fsp3) is 0.0385. The number of benzene rings is 3. The molecule has 0 aliphatic heterocycles. The molecule has 3 aromatic carbocycles. The minimum absolute atomic E-state index is 0.749. The summed E-state index contributed by atoms with van der Waals surface area (Å²) in [4.78, 5) is 4.45. The molecule has 1 heteroatoms. The number of hydrogen-bond acceptors (Lipinski definition) is 1. The first-order valence-corrected chi connectivity index (χ1v) is 9.05. The van der Waals surface area contributed by atoms with Gasteiger partial charge in [0.1, 0.15) is 0 Å². The van der Waals surface area contributed by atoms with E-state index in [1.54, 1.807) is 6.21 Å². The lowest BCUT2D eigenvalue weighted by Gasteiger charge is -2.05. The second-order valence-corrected chi connectivity index (χ2v) is 6.16. The highest BCUT2D eigenvalue weighted by Crippen LogP contribution is 2.22. The molecule has 0 aliphatic rings. The highest BCUT2D eigenvalue weighted by Gasteiger charge is 2.01. The quantitative estimate of drug-likeness (QED) is 0.254. The van der Waals surface area contributed by atoms with Gasteiger partial charge in [0.15, 0.2) is 0 Å². The smallest absolute Gasteiger partial charge is 0.0636 e. The Labute approximate surface area is 161 Å². The van der Waals surface area contributed by atoms with E-state index in [4.69, 9.17) is 0 Å². The lowest BCUT2D eigenvalue weighted by atomic mass is 10.0. The molecule has 0 aromatic heterocycles. The van der Waals surface area contributed by atoms with Crippen LogP contribution in [0.2, 0.25) is 0 Å². The zero-order valence-electron chi connectivity index (χ0n) is 15.5. The minimum Gasteiger partial charge on any atom is -0.257 e. The topological polar surface area (TPSA) is 12.4 Å². The van der Waals surface area contributed by atoms with E-state index in [0.29, 0.717) is 0 Å². The summed E-state index contributed by atoms with van der Waals surface area (Å²) in [6.45, 7) is 6.10. The predicted molar refractivity (Wildman–Crippen MR) is 121 cm³/mol. The first kappa shape index (κ1) is 18.3. The van der Waals surface area contributed by atoms with Gasteiger partial charge in [-0.3, -0.25) is 4.99 Å². The number of fused-ring (bicyclic) bond motifs is 1. The van der Waals surface area contributed by atoms with Crippen LogP contribution in [0.25, 0.3) is 28.6 Å². The van der Waals surface area contributed by atoms with Crippen LogP contribution in [-0.2, 0) is 0 Å². The van der Waals surface area contributed by atoms with Gasteiger partial charge in [-0.05, 0) is 41.0 Å². The third-order valence-electron chi connectivity index (χ3n) is 4.23. The van der Waals surface area contributed by atoms with Crippen LogP contribution in [0.15, 0.2) is 103 Å². The Morgan fingerprint density at radius 3 is 2.44 bits per heavy atom. The van der Waals surface area contributed by atoms with Gasteiger partial charge in [-0.1, -0.05) is 97.6 Å². The molecule has 0 radical (unpaired) electrons. The van der Waals surface area contributed by atoms with Crippen molar-refractivity contribution in [1.82, 2.24) is 0 Å². The van der Waals surface area contributed by atoms with E-state index in [2.05, 4.69) is 78.3 Å². The van der Waals surface area contributed by atoms with Crippen LogP contribution < -0.4 is 0 Å². The summed E-state index contributed by atoms with van der Waals surface area (Å²) >= 11 is 0. The Hall–Kier alpha value is -3.45. The van der Waals surface area contributed by atoms with Crippen LogP contribution in [0.5, 0.6) is 0 Å². The summed E-state index contributed by atoms with van der Waals surface area (Å²) in [5.41, 5.74) is 4.06. The zero-order chi connectivity index (χ0) is 18.9. The van der Waals surface area contributed by atoms with Crippen molar-refractivity contribution in [1.29, 1.82) is 0 Å². The second-order valence-electron chi connectivity index (χ2n) is 6.16. The second kappa shape index (κ2) is 9.30. The third-order valence-corrected chi connectivity index (χ3v) is 4.23. The van der Waals surface area contributed by atoms with Crippen LogP contribution in [-0.4, -0.2) is 6.21 Å². The number of allylic oxidation sites excluding steroid dienone is 4. The van der Waals surface area contributed by atoms with E-state index in [0.717, 1.165) is 16.8 Å². The maximum Gasteiger partial charge on any atom is 0.0636 e. The lowest BCUT2D eigenvalue weighted by Crippen LogP contribution is -1.85. The van der Waals surface area contributed by atoms with Crippen LogP contribution in [0, 0.1) is 0 Å². The summed E-state index contributed by atoms with van der Waals surface area (Å²) < 4.78 is 0. The largest absolute Gasteiger partial charge is 0.257 e. The van der Waals surface area contributed by atoms with Crippen molar-refractivity contribution in [3.63, 3.8) is 0 Å². The molecule has 3 rings (SSSR count). The van der Waals surface area contributed by atoms with E-state index in [1.807, 2.05) is 43.4 Å². The number of rotatable bonds is 6. The van der Waals surface area contributed by atoms with Crippen molar-refractivity contribution in [3.05, 3.63) is 114 Å². The molecule has 0 fully saturated rings. The summed E-state index contributed by atoms with van der Waals surface area (Å²) in [5.74, 6) is 0. The van der Waals surface area contributed by atoms with Crippen molar-refractivity contribution >= 4 is 34.8 Å². The van der Waals surface area contributed by atoms with Gasteiger partial charge < -0.3 is 0 Å². The van der Waals surface area contributed by atoms with E-state index in [-0.39, 0.29) is 0 Å². The van der Waals surface area contributed by atoms with Gasteiger partial charge in [-0.15, -0.1) is 0 Å². The van der Waals surface area contributed by atoms with Crippen molar-refractivity contribution in [3.8, 4) is 0 Å². The van der Waals surface area contributed by atoms with E-state index < -0.39 is 0 Å². The first-order valence-electron chi connectivity index (χ1n) is 9.05. The van der Waals surface area contributed by atoms with Crippen LogP contribution in [0.3, 0.4) is 0 Å². The van der Waals surface area contributed by atoms with E-state index in [9.17, 15) is 0 Å². The molecule has 0 saturated carbocycles. The molecule has 0 unspecified atom stereocenters. The van der Waals surface area contributed by atoms with E-state index >= 15 is 0 Å². The molecule has 27 heavy (non-hydrogen) atoms. The molecule has 132 valence electrons. The maximum atomic E-state index is 4.45. The average molecular weight is 349 g/mol. The highest BCUT2D eigenvalue weighted by atomic mass is 14.7. The van der Waals surface area contributed by atoms with Gasteiger partial charge in [0, 0.05) is 11.8 Å². The van der Waals surface area contributed by atoms with Gasteiger partial charge >= 0.3 is 0 Å². The molecule has 0 amide bonds. The molecule has 0 aliphatic carbocycles.